The Kier molecular flexibility index (Phi) is 3.48. The van der Waals surface area contributed by atoms with Gasteiger partial charge < -0.3 is 5.73 Å². The quantitative estimate of drug-likeness (QED) is 0.694. The lowest BCUT2D eigenvalue weighted by Gasteiger charge is -2.07. The van der Waals surface area contributed by atoms with Crippen LogP contribution in [-0.4, -0.2) is 4.98 Å². The second-order valence-electron chi connectivity index (χ2n) is 3.00. The second kappa shape index (κ2) is 4.64. The van der Waals surface area contributed by atoms with Gasteiger partial charge in [0, 0.05) is 12.6 Å². The van der Waals surface area contributed by atoms with E-state index in [1.54, 1.807) is 6.20 Å². The van der Waals surface area contributed by atoms with E-state index in [9.17, 15) is 0 Å². The van der Waals surface area contributed by atoms with E-state index in [2.05, 4.69) is 16.8 Å². The van der Waals surface area contributed by atoms with Crippen molar-refractivity contribution in [2.45, 2.75) is 26.3 Å². The van der Waals surface area contributed by atoms with Crippen molar-refractivity contribution in [3.05, 3.63) is 29.6 Å². The van der Waals surface area contributed by atoms with Gasteiger partial charge in [-0.3, -0.25) is 4.98 Å². The average Bonchev–Trinajstić information content (AvgIpc) is 2.14. The number of nitrogens with two attached hydrogens (primary N) is 1. The van der Waals surface area contributed by atoms with Crippen molar-refractivity contribution in [3.8, 4) is 11.8 Å². The van der Waals surface area contributed by atoms with E-state index in [-0.39, 0.29) is 6.04 Å². The van der Waals surface area contributed by atoms with Crippen molar-refractivity contribution in [1.82, 2.24) is 4.98 Å². The van der Waals surface area contributed by atoms with E-state index in [1.807, 2.05) is 26.0 Å². The summed E-state index contributed by atoms with van der Waals surface area (Å²) in [6.07, 6.45) is 2.46. The highest BCUT2D eigenvalue weighted by Gasteiger charge is 2.04. The van der Waals surface area contributed by atoms with Gasteiger partial charge in [0.25, 0.3) is 0 Å². The molecule has 1 rings (SSSR count). The smallest absolute Gasteiger partial charge is 0.0583 e. The van der Waals surface area contributed by atoms with Crippen molar-refractivity contribution in [2.75, 3.05) is 0 Å². The van der Waals surface area contributed by atoms with Gasteiger partial charge in [0.15, 0.2) is 0 Å². The molecule has 1 aromatic rings. The van der Waals surface area contributed by atoms with Gasteiger partial charge in [0.05, 0.1) is 11.7 Å². The van der Waals surface area contributed by atoms with Crippen LogP contribution in [0.1, 0.15) is 30.6 Å². The molecule has 1 aromatic heterocycles. The van der Waals surface area contributed by atoms with E-state index in [4.69, 9.17) is 5.73 Å². The highest BCUT2D eigenvalue weighted by Crippen LogP contribution is 2.11. The fraction of sp³-hybridized carbons (Fsp3) is 0.364. The first-order valence-corrected chi connectivity index (χ1v) is 4.31. The first-order valence-electron chi connectivity index (χ1n) is 4.31. The molecule has 0 aliphatic carbocycles. The van der Waals surface area contributed by atoms with Crippen LogP contribution in [-0.2, 0) is 0 Å². The van der Waals surface area contributed by atoms with Gasteiger partial charge in [-0.15, -0.1) is 11.8 Å². The second-order valence-corrected chi connectivity index (χ2v) is 3.00. The summed E-state index contributed by atoms with van der Waals surface area (Å²) in [5.41, 5.74) is 7.99. The molecule has 0 aliphatic rings. The number of pyridine rings is 1. The van der Waals surface area contributed by atoms with Gasteiger partial charge in [-0.05, 0) is 31.5 Å². The Morgan fingerprint density at radius 1 is 1.62 bits per heavy atom. The van der Waals surface area contributed by atoms with E-state index >= 15 is 0 Å². The van der Waals surface area contributed by atoms with Crippen LogP contribution in [0.25, 0.3) is 0 Å². The molecule has 0 bridgehead atoms. The largest absolute Gasteiger partial charge is 0.322 e. The molecule has 1 heterocycles. The molecule has 13 heavy (non-hydrogen) atoms. The number of hydrogen-bond donors (Lipinski definition) is 1. The first kappa shape index (κ1) is 9.76. The van der Waals surface area contributed by atoms with E-state index in [1.165, 1.54) is 5.56 Å². The molecule has 0 spiro atoms. The Morgan fingerprint density at radius 3 is 3.00 bits per heavy atom. The summed E-state index contributed by atoms with van der Waals surface area (Å²) >= 11 is 0. The maximum Gasteiger partial charge on any atom is 0.0583 e. The third-order valence-corrected chi connectivity index (χ3v) is 1.82. The molecule has 0 saturated heterocycles. The maximum absolute atomic E-state index is 5.88. The SMILES string of the molecule is CC#CCC(N)c1cc(C)ccn1. The van der Waals surface area contributed by atoms with E-state index in [0.29, 0.717) is 6.42 Å². The summed E-state index contributed by atoms with van der Waals surface area (Å²) in [6, 6.07) is 3.90. The van der Waals surface area contributed by atoms with Gasteiger partial charge in [-0.2, -0.15) is 0 Å². The Balaban J connectivity index is 2.74. The number of rotatable bonds is 2. The zero-order valence-corrected chi connectivity index (χ0v) is 8.04. The van der Waals surface area contributed by atoms with Crippen LogP contribution < -0.4 is 5.73 Å². The normalized spacial score (nSPS) is 11.6. The number of aryl methyl sites for hydroxylation is 1. The highest BCUT2D eigenvalue weighted by molar-refractivity contribution is 5.18. The third-order valence-electron chi connectivity index (χ3n) is 1.82. The fourth-order valence-electron chi connectivity index (χ4n) is 1.08. The van der Waals surface area contributed by atoms with Crippen LogP contribution in [0.4, 0.5) is 0 Å². The van der Waals surface area contributed by atoms with Gasteiger partial charge in [0.1, 0.15) is 0 Å². The zero-order chi connectivity index (χ0) is 9.68. The van der Waals surface area contributed by atoms with Crippen LogP contribution in [0.5, 0.6) is 0 Å². The number of aromatic nitrogens is 1. The van der Waals surface area contributed by atoms with Gasteiger partial charge in [0.2, 0.25) is 0 Å². The average molecular weight is 174 g/mol. The molecule has 0 saturated carbocycles. The summed E-state index contributed by atoms with van der Waals surface area (Å²) in [6.45, 7) is 3.85. The van der Waals surface area contributed by atoms with E-state index < -0.39 is 0 Å². The Hall–Kier alpha value is -1.33. The lowest BCUT2D eigenvalue weighted by Crippen LogP contribution is -2.11. The molecule has 0 aliphatic heterocycles. The van der Waals surface area contributed by atoms with Gasteiger partial charge in [-0.1, -0.05) is 0 Å². The van der Waals surface area contributed by atoms with Crippen LogP contribution in [0.15, 0.2) is 18.3 Å². The molecule has 0 aromatic carbocycles. The molecular weight excluding hydrogens is 160 g/mol. The monoisotopic (exact) mass is 174 g/mol. The first-order chi connectivity index (χ1) is 6.24. The van der Waals surface area contributed by atoms with Crippen LogP contribution >= 0.6 is 0 Å². The lowest BCUT2D eigenvalue weighted by atomic mass is 10.1. The van der Waals surface area contributed by atoms with Crippen molar-refractivity contribution in [3.63, 3.8) is 0 Å². The molecule has 2 nitrogen and oxygen atoms in total. The highest BCUT2D eigenvalue weighted by atomic mass is 14.8. The minimum absolute atomic E-state index is 0.0626. The third kappa shape index (κ3) is 2.89. The van der Waals surface area contributed by atoms with Crippen LogP contribution in [0, 0.1) is 18.8 Å². The fourth-order valence-corrected chi connectivity index (χ4v) is 1.08. The summed E-state index contributed by atoms with van der Waals surface area (Å²) in [5.74, 6) is 5.78. The molecule has 0 radical (unpaired) electrons. The summed E-state index contributed by atoms with van der Waals surface area (Å²) in [7, 11) is 0. The minimum atomic E-state index is -0.0626. The van der Waals surface area contributed by atoms with Crippen LogP contribution in [0.2, 0.25) is 0 Å². The Labute approximate surface area is 79.2 Å². The molecule has 0 amide bonds. The predicted octanol–water partition coefficient (Wildman–Crippen LogP) is 1.80. The molecule has 1 atom stereocenters. The number of hydrogen-bond acceptors (Lipinski definition) is 2. The van der Waals surface area contributed by atoms with Crippen molar-refractivity contribution in [2.24, 2.45) is 5.73 Å². The predicted molar refractivity (Wildman–Crippen MR) is 54.0 cm³/mol. The molecular formula is C11H14N2. The Bertz CT molecular complexity index is 333. The van der Waals surface area contributed by atoms with Gasteiger partial charge in [-0.25, -0.2) is 0 Å². The Morgan fingerprint density at radius 2 is 2.38 bits per heavy atom. The molecule has 2 heteroatoms. The molecule has 68 valence electrons. The topological polar surface area (TPSA) is 38.9 Å². The van der Waals surface area contributed by atoms with E-state index in [0.717, 1.165) is 5.69 Å². The van der Waals surface area contributed by atoms with Crippen LogP contribution in [0.3, 0.4) is 0 Å². The van der Waals surface area contributed by atoms with Crippen molar-refractivity contribution < 1.29 is 0 Å². The zero-order valence-electron chi connectivity index (χ0n) is 8.04. The molecule has 0 fully saturated rings. The lowest BCUT2D eigenvalue weighted by molar-refractivity contribution is 0.723. The minimum Gasteiger partial charge on any atom is -0.322 e. The summed E-state index contributed by atoms with van der Waals surface area (Å²) in [4.78, 5) is 4.20. The molecule has 1 unspecified atom stereocenters. The number of nitrogens with zero attached hydrogens (tertiary/aromatic N) is 1. The maximum atomic E-state index is 5.88. The van der Waals surface area contributed by atoms with Crippen molar-refractivity contribution in [1.29, 1.82) is 0 Å². The molecule has 2 N–H and O–H groups in total. The van der Waals surface area contributed by atoms with Crippen molar-refractivity contribution >= 4 is 0 Å². The van der Waals surface area contributed by atoms with Gasteiger partial charge >= 0.3 is 0 Å². The summed E-state index contributed by atoms with van der Waals surface area (Å²) in [5, 5.41) is 0. The summed E-state index contributed by atoms with van der Waals surface area (Å²) < 4.78 is 0. The standard InChI is InChI=1S/C11H14N2/c1-3-4-5-10(12)11-8-9(2)6-7-13-11/h6-8,10H,5,12H2,1-2H3.